The second kappa shape index (κ2) is 13.7. The van der Waals surface area contributed by atoms with Crippen LogP contribution < -0.4 is 16.4 Å². The van der Waals surface area contributed by atoms with Crippen molar-refractivity contribution in [2.75, 3.05) is 16.4 Å². The smallest absolute Gasteiger partial charge is 0.224 e. The van der Waals surface area contributed by atoms with E-state index >= 15 is 0 Å². The summed E-state index contributed by atoms with van der Waals surface area (Å²) in [6.45, 7) is 2.04. The van der Waals surface area contributed by atoms with Gasteiger partial charge in [0.2, 0.25) is 5.91 Å². The minimum Gasteiger partial charge on any atom is -0.382 e. The van der Waals surface area contributed by atoms with Gasteiger partial charge in [0.05, 0.1) is 5.69 Å². The fourth-order valence-electron chi connectivity index (χ4n) is 5.73. The van der Waals surface area contributed by atoms with E-state index < -0.39 is 5.54 Å². The number of rotatable bonds is 10. The Labute approximate surface area is 274 Å². The first-order chi connectivity index (χ1) is 22.4. The van der Waals surface area contributed by atoms with Gasteiger partial charge in [0.1, 0.15) is 17.2 Å². The van der Waals surface area contributed by atoms with Crippen LogP contribution >= 0.6 is 11.6 Å². The van der Waals surface area contributed by atoms with E-state index in [-0.39, 0.29) is 18.1 Å². The summed E-state index contributed by atoms with van der Waals surface area (Å²) in [5.41, 5.74) is 12.7. The van der Waals surface area contributed by atoms with E-state index in [1.54, 1.807) is 6.20 Å². The molecule has 0 spiro atoms. The quantitative estimate of drug-likeness (QED) is 0.133. The first-order valence-electron chi connectivity index (χ1n) is 15.1. The van der Waals surface area contributed by atoms with E-state index in [1.165, 1.54) is 0 Å². The Morgan fingerprint density at radius 3 is 1.89 bits per heavy atom. The molecular weight excluding hydrogens is 590 g/mol. The predicted molar refractivity (Wildman–Crippen MR) is 188 cm³/mol. The van der Waals surface area contributed by atoms with Crippen molar-refractivity contribution in [3.05, 3.63) is 173 Å². The van der Waals surface area contributed by atoms with Crippen molar-refractivity contribution in [2.24, 2.45) is 0 Å². The van der Waals surface area contributed by atoms with E-state index in [4.69, 9.17) is 22.3 Å². The van der Waals surface area contributed by atoms with Crippen LogP contribution in [0.4, 0.5) is 17.3 Å². The third kappa shape index (κ3) is 6.77. The maximum atomic E-state index is 13.1. The zero-order chi connectivity index (χ0) is 31.9. The predicted octanol–water partition coefficient (Wildman–Crippen LogP) is 8.66. The number of nitrogens with zero attached hydrogens (tertiary/aromatic N) is 2. The second-order valence-electron chi connectivity index (χ2n) is 11.2. The molecule has 6 nitrogen and oxygen atoms in total. The van der Waals surface area contributed by atoms with Crippen LogP contribution in [0.5, 0.6) is 0 Å². The minimum atomic E-state index is -0.709. The summed E-state index contributed by atoms with van der Waals surface area (Å²) in [6, 6.07) is 44.5. The molecule has 46 heavy (non-hydrogen) atoms. The molecule has 0 fully saturated rings. The standard InChI is InChI=1S/C39H34ClN5O/c1-27-23-34(21-22-37(46)44-35-25-29(26-42-38(35)41)28-17-19-33(40)20-18-28)43-36(24-27)45-39(30-11-5-2-6-12-30,31-13-7-3-8-14-31)32-15-9-4-10-16-32/h2-20,23-26H,21-22H2,1H3,(H2,41,42)(H,43,45)(H,44,46). The maximum Gasteiger partial charge on any atom is 0.224 e. The highest BCUT2D eigenvalue weighted by Crippen LogP contribution is 2.40. The first-order valence-corrected chi connectivity index (χ1v) is 15.5. The molecule has 2 aromatic heterocycles. The zero-order valence-electron chi connectivity index (χ0n) is 25.5. The molecule has 6 aromatic rings. The Balaban J connectivity index is 1.26. The summed E-state index contributed by atoms with van der Waals surface area (Å²) in [6.07, 6.45) is 2.35. The van der Waals surface area contributed by atoms with Gasteiger partial charge in [-0.05, 0) is 71.5 Å². The van der Waals surface area contributed by atoms with Crippen LogP contribution in [0.25, 0.3) is 11.1 Å². The largest absolute Gasteiger partial charge is 0.382 e. The summed E-state index contributed by atoms with van der Waals surface area (Å²) in [5.74, 6) is 0.799. The topological polar surface area (TPSA) is 92.9 Å². The maximum absolute atomic E-state index is 13.1. The molecular formula is C39H34ClN5O. The lowest BCUT2D eigenvalue weighted by Gasteiger charge is -2.37. The van der Waals surface area contributed by atoms with Gasteiger partial charge in [0.25, 0.3) is 0 Å². The van der Waals surface area contributed by atoms with Crippen LogP contribution in [0.3, 0.4) is 0 Å². The van der Waals surface area contributed by atoms with Crippen LogP contribution in [-0.2, 0) is 16.8 Å². The van der Waals surface area contributed by atoms with Gasteiger partial charge in [-0.25, -0.2) is 9.97 Å². The fourth-order valence-corrected chi connectivity index (χ4v) is 5.86. The van der Waals surface area contributed by atoms with E-state index in [1.807, 2.05) is 67.6 Å². The van der Waals surface area contributed by atoms with Crippen molar-refractivity contribution in [1.82, 2.24) is 9.97 Å². The number of pyridine rings is 2. The van der Waals surface area contributed by atoms with Gasteiger partial charge in [-0.3, -0.25) is 4.79 Å². The van der Waals surface area contributed by atoms with Gasteiger partial charge in [-0.1, -0.05) is 115 Å². The zero-order valence-corrected chi connectivity index (χ0v) is 26.2. The number of carbonyl (C=O) groups excluding carboxylic acids is 1. The number of benzene rings is 4. The number of halogens is 1. The number of anilines is 3. The third-order valence-corrected chi connectivity index (χ3v) is 8.19. The summed E-state index contributed by atoms with van der Waals surface area (Å²) < 4.78 is 0. The van der Waals surface area contributed by atoms with Crippen molar-refractivity contribution in [1.29, 1.82) is 0 Å². The van der Waals surface area contributed by atoms with Crippen molar-refractivity contribution >= 4 is 34.8 Å². The molecule has 0 radical (unpaired) electrons. The van der Waals surface area contributed by atoms with Crippen molar-refractivity contribution in [2.45, 2.75) is 25.3 Å². The molecule has 1 amide bonds. The van der Waals surface area contributed by atoms with Gasteiger partial charge in [-0.2, -0.15) is 0 Å². The van der Waals surface area contributed by atoms with E-state index in [9.17, 15) is 4.79 Å². The van der Waals surface area contributed by atoms with Gasteiger partial charge in [0, 0.05) is 28.9 Å². The molecule has 228 valence electrons. The Morgan fingerprint density at radius 1 is 0.761 bits per heavy atom. The number of carbonyl (C=O) groups is 1. The number of nitrogens with one attached hydrogen (secondary N) is 2. The number of aromatic nitrogens is 2. The molecule has 0 saturated carbocycles. The molecule has 2 heterocycles. The molecule has 0 saturated heterocycles. The van der Waals surface area contributed by atoms with Crippen LogP contribution in [0.2, 0.25) is 5.02 Å². The molecule has 6 rings (SSSR count). The van der Waals surface area contributed by atoms with Crippen molar-refractivity contribution in [3.63, 3.8) is 0 Å². The van der Waals surface area contributed by atoms with Crippen molar-refractivity contribution in [3.8, 4) is 11.1 Å². The summed E-state index contributed by atoms with van der Waals surface area (Å²) in [4.78, 5) is 22.4. The molecule has 0 aliphatic heterocycles. The third-order valence-electron chi connectivity index (χ3n) is 7.94. The fraction of sp³-hybridized carbons (Fsp3) is 0.103. The van der Waals surface area contributed by atoms with Crippen LogP contribution in [-0.4, -0.2) is 15.9 Å². The Kier molecular flexibility index (Phi) is 9.08. The number of nitrogens with two attached hydrogens (primary N) is 1. The Bertz CT molecular complexity index is 1840. The molecule has 0 aliphatic carbocycles. The van der Waals surface area contributed by atoms with E-state index in [2.05, 4.69) is 88.4 Å². The van der Waals surface area contributed by atoms with Gasteiger partial charge in [-0.15, -0.1) is 0 Å². The number of amides is 1. The van der Waals surface area contributed by atoms with E-state index in [0.717, 1.165) is 44.9 Å². The number of hydrogen-bond donors (Lipinski definition) is 3. The minimum absolute atomic E-state index is 0.174. The van der Waals surface area contributed by atoms with Gasteiger partial charge in [0.15, 0.2) is 0 Å². The van der Waals surface area contributed by atoms with E-state index in [0.29, 0.717) is 17.1 Å². The molecule has 4 aromatic carbocycles. The first kappa shape index (κ1) is 30.6. The Hall–Kier alpha value is -5.46. The van der Waals surface area contributed by atoms with Crippen LogP contribution in [0.1, 0.15) is 34.4 Å². The number of aryl methyl sites for hydroxylation is 2. The van der Waals surface area contributed by atoms with Crippen LogP contribution in [0.15, 0.2) is 140 Å². The summed E-state index contributed by atoms with van der Waals surface area (Å²) >= 11 is 6.04. The molecule has 4 N–H and O–H groups in total. The molecule has 0 aliphatic rings. The molecule has 0 unspecified atom stereocenters. The van der Waals surface area contributed by atoms with Gasteiger partial charge < -0.3 is 16.4 Å². The molecule has 0 bridgehead atoms. The highest BCUT2D eigenvalue weighted by molar-refractivity contribution is 6.30. The SMILES string of the molecule is Cc1cc(CCC(=O)Nc2cc(-c3ccc(Cl)cc3)cnc2N)nc(NC(c2ccccc2)(c2ccccc2)c2ccccc2)c1. The van der Waals surface area contributed by atoms with Crippen LogP contribution in [0, 0.1) is 6.92 Å². The summed E-state index contributed by atoms with van der Waals surface area (Å²) in [5, 5.41) is 7.42. The lowest BCUT2D eigenvalue weighted by Crippen LogP contribution is -2.38. The second-order valence-corrected chi connectivity index (χ2v) is 11.6. The van der Waals surface area contributed by atoms with Gasteiger partial charge >= 0.3 is 0 Å². The average Bonchev–Trinajstić information content (AvgIpc) is 3.09. The average molecular weight is 624 g/mol. The van der Waals surface area contributed by atoms with Crippen molar-refractivity contribution < 1.29 is 4.79 Å². The molecule has 7 heteroatoms. The lowest BCUT2D eigenvalue weighted by atomic mass is 9.77. The number of nitrogen functional groups attached to an aromatic ring is 1. The highest BCUT2D eigenvalue weighted by Gasteiger charge is 2.36. The molecule has 0 atom stereocenters. The lowest BCUT2D eigenvalue weighted by molar-refractivity contribution is -0.116. The number of hydrogen-bond acceptors (Lipinski definition) is 5. The highest BCUT2D eigenvalue weighted by atomic mass is 35.5. The normalized spacial score (nSPS) is 11.2. The monoisotopic (exact) mass is 623 g/mol. The Morgan fingerprint density at radius 2 is 1.33 bits per heavy atom. The summed E-state index contributed by atoms with van der Waals surface area (Å²) in [7, 11) is 0.